The van der Waals surface area contributed by atoms with E-state index in [1.165, 1.54) is 141 Å². The van der Waals surface area contributed by atoms with E-state index in [1.54, 1.807) is 6.08 Å². The molecule has 0 spiro atoms. The summed E-state index contributed by atoms with van der Waals surface area (Å²) in [5, 5.41) is 13.8. The summed E-state index contributed by atoms with van der Waals surface area (Å²) in [4.78, 5) is 23.2. The van der Waals surface area contributed by atoms with Gasteiger partial charge in [-0.2, -0.15) is 0 Å². The quantitative estimate of drug-likeness (QED) is 0.0243. The zero-order valence-electron chi connectivity index (χ0n) is 43.2. The van der Waals surface area contributed by atoms with Gasteiger partial charge in [0.15, 0.2) is 0 Å². The Morgan fingerprint density at radius 2 is 0.923 bits per heavy atom. The molecule has 0 heterocycles. The van der Waals surface area contributed by atoms with Crippen LogP contribution in [0.5, 0.6) is 0 Å². The minimum absolute atomic E-state index is 0.0485. The molecule has 0 aromatic carbocycles. The number of quaternary nitrogens is 1. The number of aliphatic hydroxyl groups excluding tert-OH is 1. The number of hydrogen-bond donors (Lipinski definition) is 3. The van der Waals surface area contributed by atoms with Gasteiger partial charge in [0.25, 0.3) is 0 Å². The van der Waals surface area contributed by atoms with Gasteiger partial charge in [-0.25, -0.2) is 4.57 Å². The summed E-state index contributed by atoms with van der Waals surface area (Å²) in [5.41, 5.74) is 0. The molecule has 3 atom stereocenters. The van der Waals surface area contributed by atoms with Crippen molar-refractivity contribution in [3.05, 3.63) is 60.8 Å². The average molecular weight is 934 g/mol. The van der Waals surface area contributed by atoms with Gasteiger partial charge in [-0.1, -0.05) is 222 Å². The van der Waals surface area contributed by atoms with E-state index in [2.05, 4.69) is 67.8 Å². The topological polar surface area (TPSA) is 105 Å². The molecule has 65 heavy (non-hydrogen) atoms. The fraction of sp³-hybridized carbons (Fsp3) is 0.804. The molecule has 0 fully saturated rings. The molecule has 0 saturated heterocycles. The number of allylic oxidation sites excluding steroid dienone is 9. The summed E-state index contributed by atoms with van der Waals surface area (Å²) in [6.45, 7) is 4.71. The largest absolute Gasteiger partial charge is 0.472 e. The number of unbranched alkanes of at least 4 members (excludes halogenated alkanes) is 28. The first kappa shape index (κ1) is 63.2. The lowest BCUT2D eigenvalue weighted by Crippen LogP contribution is -2.45. The molecule has 0 saturated carbocycles. The van der Waals surface area contributed by atoms with Gasteiger partial charge in [0.2, 0.25) is 5.91 Å². The van der Waals surface area contributed by atoms with Crippen molar-refractivity contribution in [3.8, 4) is 0 Å². The molecule has 0 radical (unpaired) electrons. The monoisotopic (exact) mass is 934 g/mol. The Bertz CT molecular complexity index is 1240. The summed E-state index contributed by atoms with van der Waals surface area (Å²) >= 11 is 0. The summed E-state index contributed by atoms with van der Waals surface area (Å²) in [6, 6.07) is -0.879. The van der Waals surface area contributed by atoms with E-state index < -0.39 is 20.0 Å². The van der Waals surface area contributed by atoms with E-state index in [0.717, 1.165) is 77.0 Å². The van der Waals surface area contributed by atoms with E-state index in [-0.39, 0.29) is 19.1 Å². The minimum Gasteiger partial charge on any atom is -0.387 e. The normalized spacial score (nSPS) is 14.5. The molecule has 0 rings (SSSR count). The predicted molar refractivity (Wildman–Crippen MR) is 281 cm³/mol. The van der Waals surface area contributed by atoms with Crippen molar-refractivity contribution in [2.45, 2.75) is 251 Å². The van der Waals surface area contributed by atoms with Crippen molar-refractivity contribution in [1.29, 1.82) is 0 Å². The molecule has 0 aliphatic carbocycles. The zero-order valence-corrected chi connectivity index (χ0v) is 44.1. The Morgan fingerprint density at radius 1 is 0.523 bits per heavy atom. The van der Waals surface area contributed by atoms with Crippen molar-refractivity contribution in [1.82, 2.24) is 5.32 Å². The van der Waals surface area contributed by atoms with Crippen molar-refractivity contribution in [3.63, 3.8) is 0 Å². The third kappa shape index (κ3) is 49.9. The number of carbonyl (C=O) groups is 1. The Balaban J connectivity index is 4.23. The van der Waals surface area contributed by atoms with E-state index in [4.69, 9.17) is 9.05 Å². The second-order valence-electron chi connectivity index (χ2n) is 19.6. The maximum atomic E-state index is 12.9. The predicted octanol–water partition coefficient (Wildman–Crippen LogP) is 16.1. The van der Waals surface area contributed by atoms with Gasteiger partial charge in [-0.3, -0.25) is 13.8 Å². The van der Waals surface area contributed by atoms with Gasteiger partial charge < -0.3 is 19.8 Å². The molecule has 0 aromatic heterocycles. The molecule has 380 valence electrons. The average Bonchev–Trinajstić information content (AvgIpc) is 3.26. The van der Waals surface area contributed by atoms with Crippen molar-refractivity contribution < 1.29 is 32.9 Å². The van der Waals surface area contributed by atoms with E-state index >= 15 is 0 Å². The molecule has 3 unspecified atom stereocenters. The number of phosphoric ester groups is 1. The van der Waals surface area contributed by atoms with Gasteiger partial charge in [0.05, 0.1) is 39.9 Å². The van der Waals surface area contributed by atoms with Crippen LogP contribution in [-0.4, -0.2) is 73.4 Å². The Morgan fingerprint density at radius 3 is 1.38 bits per heavy atom. The van der Waals surface area contributed by atoms with Crippen molar-refractivity contribution >= 4 is 13.7 Å². The first-order valence-corrected chi connectivity index (χ1v) is 28.7. The molecule has 1 amide bonds. The number of carbonyl (C=O) groups excluding carboxylic acids is 1. The van der Waals surface area contributed by atoms with Gasteiger partial charge in [0, 0.05) is 6.42 Å². The number of hydrogen-bond acceptors (Lipinski definition) is 5. The van der Waals surface area contributed by atoms with Crippen LogP contribution in [0, 0.1) is 0 Å². The highest BCUT2D eigenvalue weighted by Crippen LogP contribution is 2.43. The highest BCUT2D eigenvalue weighted by Gasteiger charge is 2.27. The van der Waals surface area contributed by atoms with Gasteiger partial charge >= 0.3 is 7.82 Å². The number of nitrogens with one attached hydrogen (secondary N) is 1. The third-order valence-corrected chi connectivity index (χ3v) is 12.9. The van der Waals surface area contributed by atoms with E-state index in [0.29, 0.717) is 17.4 Å². The SMILES string of the molecule is CCC/C=C\C/C=C\CCCCCCCC(=O)NC(COP(=O)(O)OCC[N+](C)(C)C)C(O)/C=C/CC/C=C/CC/C=C/CCCCCCCCCCCCCCCCCCCCCC. The molecule has 0 bridgehead atoms. The molecule has 9 heteroatoms. The smallest absolute Gasteiger partial charge is 0.387 e. The summed E-state index contributed by atoms with van der Waals surface area (Å²) in [7, 11) is 1.53. The molecule has 3 N–H and O–H groups in total. The second kappa shape index (κ2) is 47.3. The lowest BCUT2D eigenvalue weighted by atomic mass is 10.0. The lowest BCUT2D eigenvalue weighted by molar-refractivity contribution is -0.870. The Labute approximate surface area is 402 Å². The minimum atomic E-state index is -4.36. The summed E-state index contributed by atoms with van der Waals surface area (Å²) < 4.78 is 23.6. The summed E-state index contributed by atoms with van der Waals surface area (Å²) in [6.07, 6.45) is 63.4. The molecule has 8 nitrogen and oxygen atoms in total. The fourth-order valence-corrected chi connectivity index (χ4v) is 8.38. The van der Waals surface area contributed by atoms with Crippen LogP contribution < -0.4 is 5.32 Å². The van der Waals surface area contributed by atoms with Crippen LogP contribution in [0.3, 0.4) is 0 Å². The first-order chi connectivity index (χ1) is 31.5. The third-order valence-electron chi connectivity index (χ3n) is 11.9. The number of rotatable bonds is 49. The van der Waals surface area contributed by atoms with Crippen LogP contribution in [0.4, 0.5) is 0 Å². The van der Waals surface area contributed by atoms with Gasteiger partial charge in [-0.05, 0) is 70.6 Å². The van der Waals surface area contributed by atoms with Crippen LogP contribution in [0.2, 0.25) is 0 Å². The van der Waals surface area contributed by atoms with Crippen LogP contribution in [0.1, 0.15) is 239 Å². The number of nitrogens with zero attached hydrogens (tertiary/aromatic N) is 1. The highest BCUT2D eigenvalue weighted by atomic mass is 31.2. The molecule has 0 aromatic rings. The van der Waals surface area contributed by atoms with Crippen LogP contribution in [-0.2, 0) is 18.4 Å². The first-order valence-electron chi connectivity index (χ1n) is 27.2. The maximum Gasteiger partial charge on any atom is 0.472 e. The number of phosphoric acid groups is 1. The number of likely N-dealkylation sites (N-methyl/N-ethyl adjacent to an activating group) is 1. The molecular weight excluding hydrogens is 828 g/mol. The van der Waals surface area contributed by atoms with Crippen molar-refractivity contribution in [2.75, 3.05) is 40.9 Å². The standard InChI is InChI=1S/C56H105N2O6P/c1-6-8-10-12-14-16-18-20-21-22-23-24-25-26-27-28-29-30-31-32-33-34-35-36-38-39-41-43-45-47-49-55(59)54(53-64-65(61,62)63-52-51-58(3,4)5)57-56(60)50-48-46-44-42-40-37-19-17-15-13-11-9-7-2/h11,13,17,19,34-35,39,41,47,49,54-55,59H,6-10,12,14-16,18,20-33,36-38,40,42-46,48,50-53H2,1-5H3,(H-,57,60,61,62)/p+1/b13-11-,19-17-,35-34+,41-39+,49-47+. The van der Waals surface area contributed by atoms with Crippen LogP contribution >= 0.6 is 7.82 Å². The van der Waals surface area contributed by atoms with E-state index in [1.807, 2.05) is 27.2 Å². The molecule has 0 aliphatic heterocycles. The fourth-order valence-electron chi connectivity index (χ4n) is 7.64. The van der Waals surface area contributed by atoms with Crippen LogP contribution in [0.15, 0.2) is 60.8 Å². The zero-order chi connectivity index (χ0) is 47.8. The Kier molecular flexibility index (Phi) is 46.0. The second-order valence-corrected chi connectivity index (χ2v) is 21.0. The van der Waals surface area contributed by atoms with Crippen LogP contribution in [0.25, 0.3) is 0 Å². The van der Waals surface area contributed by atoms with Crippen molar-refractivity contribution in [2.24, 2.45) is 0 Å². The summed E-state index contributed by atoms with van der Waals surface area (Å²) in [5.74, 6) is -0.207. The van der Waals surface area contributed by atoms with Gasteiger partial charge in [0.1, 0.15) is 13.2 Å². The maximum absolute atomic E-state index is 12.9. The molecular formula is C56H106N2O6P+. The van der Waals surface area contributed by atoms with E-state index in [9.17, 15) is 19.4 Å². The lowest BCUT2D eigenvalue weighted by Gasteiger charge is -2.25. The number of amides is 1. The van der Waals surface area contributed by atoms with Gasteiger partial charge in [-0.15, -0.1) is 0 Å². The Hall–Kier alpha value is -1.80. The highest BCUT2D eigenvalue weighted by molar-refractivity contribution is 7.47. The number of aliphatic hydroxyl groups is 1. The molecule has 0 aliphatic rings.